The van der Waals surface area contributed by atoms with Crippen LogP contribution in [0.2, 0.25) is 0 Å². The van der Waals surface area contributed by atoms with E-state index in [1.807, 2.05) is 45.0 Å². The number of likely N-dealkylation sites (tertiary alicyclic amines) is 2. The molecule has 0 aromatic heterocycles. The maximum absolute atomic E-state index is 13.1. The molecule has 2 aliphatic heterocycles. The van der Waals surface area contributed by atoms with Crippen molar-refractivity contribution < 1.29 is 19.1 Å². The molecular weight excluding hydrogens is 368 g/mol. The molecule has 2 heterocycles. The van der Waals surface area contributed by atoms with Crippen LogP contribution in [-0.2, 0) is 4.74 Å². The molecular formula is C23H34N2O4. The van der Waals surface area contributed by atoms with Gasteiger partial charge in [-0.25, -0.2) is 4.79 Å². The Morgan fingerprint density at radius 1 is 1.14 bits per heavy atom. The first kappa shape index (κ1) is 21.6. The summed E-state index contributed by atoms with van der Waals surface area (Å²) in [7, 11) is 0. The van der Waals surface area contributed by atoms with E-state index in [0.29, 0.717) is 12.6 Å². The van der Waals surface area contributed by atoms with Gasteiger partial charge in [-0.15, -0.1) is 0 Å². The molecule has 0 N–H and O–H groups in total. The van der Waals surface area contributed by atoms with Crippen LogP contribution in [0.5, 0.6) is 5.75 Å². The van der Waals surface area contributed by atoms with Gasteiger partial charge < -0.3 is 14.4 Å². The monoisotopic (exact) mass is 402 g/mol. The van der Waals surface area contributed by atoms with E-state index in [-0.39, 0.29) is 23.9 Å². The number of nitrogens with zero attached hydrogens (tertiary/aromatic N) is 2. The van der Waals surface area contributed by atoms with Crippen LogP contribution in [0, 0.1) is 5.92 Å². The Labute approximate surface area is 174 Å². The Morgan fingerprint density at radius 2 is 1.90 bits per heavy atom. The normalized spacial score (nSPS) is 21.2. The molecule has 0 radical (unpaired) electrons. The van der Waals surface area contributed by atoms with Crippen molar-refractivity contribution in [1.82, 2.24) is 9.80 Å². The summed E-state index contributed by atoms with van der Waals surface area (Å²) in [6, 6.07) is 8.01. The Balaban J connectivity index is 1.57. The number of amides is 1. The number of carbonyl (C=O) groups excluding carboxylic acids is 2. The first-order valence-corrected chi connectivity index (χ1v) is 10.9. The Kier molecular flexibility index (Phi) is 7.53. The van der Waals surface area contributed by atoms with E-state index in [1.165, 1.54) is 0 Å². The summed E-state index contributed by atoms with van der Waals surface area (Å²) < 4.78 is 10.9. The van der Waals surface area contributed by atoms with Gasteiger partial charge in [0.1, 0.15) is 5.75 Å². The number of ether oxygens (including phenoxy) is 2. The van der Waals surface area contributed by atoms with E-state index in [0.717, 1.165) is 63.2 Å². The van der Waals surface area contributed by atoms with Crippen molar-refractivity contribution in [2.45, 2.75) is 58.6 Å². The minimum atomic E-state index is -0.207. The van der Waals surface area contributed by atoms with Gasteiger partial charge in [-0.1, -0.05) is 12.1 Å². The van der Waals surface area contributed by atoms with Gasteiger partial charge in [0.15, 0.2) is 5.78 Å². The second kappa shape index (κ2) is 10.1. The number of rotatable bonds is 6. The van der Waals surface area contributed by atoms with Crippen molar-refractivity contribution in [3.63, 3.8) is 0 Å². The van der Waals surface area contributed by atoms with Crippen molar-refractivity contribution in [1.29, 1.82) is 0 Å². The summed E-state index contributed by atoms with van der Waals surface area (Å²) in [6.07, 6.45) is 3.74. The second-order valence-corrected chi connectivity index (χ2v) is 8.31. The summed E-state index contributed by atoms with van der Waals surface area (Å²) in [4.78, 5) is 29.3. The Hall–Kier alpha value is -2.08. The van der Waals surface area contributed by atoms with Crippen LogP contribution in [0.1, 0.15) is 56.8 Å². The quantitative estimate of drug-likeness (QED) is 0.674. The van der Waals surface area contributed by atoms with Crippen LogP contribution < -0.4 is 4.74 Å². The average molecular weight is 403 g/mol. The van der Waals surface area contributed by atoms with E-state index in [1.54, 1.807) is 4.90 Å². The van der Waals surface area contributed by atoms with Crippen molar-refractivity contribution in [3.05, 3.63) is 29.8 Å². The zero-order valence-corrected chi connectivity index (χ0v) is 17.9. The van der Waals surface area contributed by atoms with Crippen molar-refractivity contribution in [2.75, 3.05) is 32.8 Å². The lowest BCUT2D eigenvalue weighted by molar-refractivity contribution is 0.0532. The smallest absolute Gasteiger partial charge is 0.409 e. The lowest BCUT2D eigenvalue weighted by Crippen LogP contribution is -2.50. The van der Waals surface area contributed by atoms with Crippen molar-refractivity contribution in [3.8, 4) is 5.75 Å². The molecule has 0 saturated carbocycles. The fraction of sp³-hybridized carbons (Fsp3) is 0.652. The summed E-state index contributed by atoms with van der Waals surface area (Å²) in [5, 5.41) is 0. The number of hydrogen-bond donors (Lipinski definition) is 0. The lowest BCUT2D eigenvalue weighted by atomic mass is 9.88. The van der Waals surface area contributed by atoms with Crippen LogP contribution in [-0.4, -0.2) is 66.6 Å². The summed E-state index contributed by atoms with van der Waals surface area (Å²) in [6.45, 7) is 9.52. The Bertz CT molecular complexity index is 698. The first-order valence-electron chi connectivity index (χ1n) is 10.9. The van der Waals surface area contributed by atoms with Crippen LogP contribution in [0.25, 0.3) is 0 Å². The number of piperidine rings is 2. The summed E-state index contributed by atoms with van der Waals surface area (Å²) in [5.41, 5.74) is 0.743. The van der Waals surface area contributed by atoms with Crippen LogP contribution in [0.3, 0.4) is 0 Å². The van der Waals surface area contributed by atoms with Gasteiger partial charge in [-0.2, -0.15) is 0 Å². The third kappa shape index (κ3) is 5.72. The van der Waals surface area contributed by atoms with Gasteiger partial charge in [-0.3, -0.25) is 9.69 Å². The van der Waals surface area contributed by atoms with Gasteiger partial charge >= 0.3 is 6.09 Å². The molecule has 3 rings (SSSR count). The minimum Gasteiger partial charge on any atom is -0.491 e. The molecule has 0 spiro atoms. The van der Waals surface area contributed by atoms with E-state index in [9.17, 15) is 9.59 Å². The highest BCUT2D eigenvalue weighted by atomic mass is 16.6. The van der Waals surface area contributed by atoms with Crippen molar-refractivity contribution >= 4 is 11.9 Å². The summed E-state index contributed by atoms with van der Waals surface area (Å²) >= 11 is 0. The molecule has 2 saturated heterocycles. The van der Waals surface area contributed by atoms with Gasteiger partial charge in [0.2, 0.25) is 0 Å². The van der Waals surface area contributed by atoms with Crippen molar-refractivity contribution in [2.24, 2.45) is 5.92 Å². The lowest BCUT2D eigenvalue weighted by Gasteiger charge is -2.41. The minimum absolute atomic E-state index is 0.0288. The molecule has 160 valence electrons. The molecule has 29 heavy (non-hydrogen) atoms. The summed E-state index contributed by atoms with van der Waals surface area (Å²) in [5.74, 6) is 0.999. The molecule has 0 unspecified atom stereocenters. The van der Waals surface area contributed by atoms with E-state index >= 15 is 0 Å². The standard InChI is InChI=1S/C23H34N2O4/c1-4-28-23(27)24-13-10-20(11-14-24)25-12-6-8-19(16-25)22(26)18-7-5-9-21(15-18)29-17(2)3/h5,7,9,15,17,19-20H,4,6,8,10-14,16H2,1-3H3/t19-/m0/s1. The van der Waals surface area contributed by atoms with E-state index < -0.39 is 0 Å². The van der Waals surface area contributed by atoms with Gasteiger partial charge in [-0.05, 0) is 65.1 Å². The third-order valence-electron chi connectivity index (χ3n) is 5.82. The van der Waals surface area contributed by atoms with Gasteiger partial charge in [0, 0.05) is 37.2 Å². The molecule has 0 aliphatic carbocycles. The average Bonchev–Trinajstić information content (AvgIpc) is 2.73. The van der Waals surface area contributed by atoms with Crippen LogP contribution >= 0.6 is 0 Å². The fourth-order valence-corrected chi connectivity index (χ4v) is 4.41. The second-order valence-electron chi connectivity index (χ2n) is 8.31. The van der Waals surface area contributed by atoms with E-state index in [2.05, 4.69) is 4.90 Å². The molecule has 2 aliphatic rings. The highest BCUT2D eigenvalue weighted by Crippen LogP contribution is 2.27. The molecule has 1 atom stereocenters. The number of benzene rings is 1. The topological polar surface area (TPSA) is 59.1 Å². The number of Topliss-reactive ketones (excluding diaryl/α,β-unsaturated/α-hetero) is 1. The zero-order valence-electron chi connectivity index (χ0n) is 17.9. The third-order valence-corrected chi connectivity index (χ3v) is 5.82. The molecule has 1 aromatic carbocycles. The maximum Gasteiger partial charge on any atom is 0.409 e. The maximum atomic E-state index is 13.1. The number of carbonyl (C=O) groups is 2. The van der Waals surface area contributed by atoms with Gasteiger partial charge in [0.25, 0.3) is 0 Å². The predicted octanol–water partition coefficient (Wildman–Crippen LogP) is 3.99. The molecule has 2 fully saturated rings. The van der Waals surface area contributed by atoms with Crippen LogP contribution in [0.4, 0.5) is 4.79 Å². The predicted molar refractivity (Wildman–Crippen MR) is 112 cm³/mol. The van der Waals surface area contributed by atoms with Crippen LogP contribution in [0.15, 0.2) is 24.3 Å². The zero-order chi connectivity index (χ0) is 20.8. The molecule has 0 bridgehead atoms. The molecule has 6 nitrogen and oxygen atoms in total. The van der Waals surface area contributed by atoms with E-state index in [4.69, 9.17) is 9.47 Å². The number of ketones is 1. The highest BCUT2D eigenvalue weighted by Gasteiger charge is 2.33. The van der Waals surface area contributed by atoms with Gasteiger partial charge in [0.05, 0.1) is 12.7 Å². The fourth-order valence-electron chi connectivity index (χ4n) is 4.41. The molecule has 1 amide bonds. The largest absolute Gasteiger partial charge is 0.491 e. The SMILES string of the molecule is CCOC(=O)N1CCC(N2CCC[C@H](C(=O)c3cccc(OC(C)C)c3)C2)CC1. The molecule has 6 heteroatoms. The first-order chi connectivity index (χ1) is 14.0. The Morgan fingerprint density at radius 3 is 2.59 bits per heavy atom. The molecule has 1 aromatic rings. The number of hydrogen-bond acceptors (Lipinski definition) is 5. The highest BCUT2D eigenvalue weighted by molar-refractivity contribution is 5.98.